The third-order valence-electron chi connectivity index (χ3n) is 3.23. The van der Waals surface area contributed by atoms with Crippen LogP contribution in [0.3, 0.4) is 0 Å². The van der Waals surface area contributed by atoms with Crippen LogP contribution in [0.1, 0.15) is 29.4 Å². The first-order chi connectivity index (χ1) is 10.5. The Hall–Kier alpha value is -2.64. The van der Waals surface area contributed by atoms with Gasteiger partial charge in [0.05, 0.1) is 5.69 Å². The normalized spacial score (nSPS) is 10.7. The zero-order valence-electron chi connectivity index (χ0n) is 12.9. The van der Waals surface area contributed by atoms with Gasteiger partial charge in [-0.25, -0.2) is 9.36 Å². The summed E-state index contributed by atoms with van der Waals surface area (Å²) in [5.41, 5.74) is 0.922. The maximum absolute atomic E-state index is 12.8. The maximum Gasteiger partial charge on any atom is 0.323 e. The van der Waals surface area contributed by atoms with Gasteiger partial charge in [-0.2, -0.15) is 10.2 Å². The third kappa shape index (κ3) is 3.00. The van der Waals surface area contributed by atoms with Crippen LogP contribution in [-0.4, -0.2) is 54.5 Å². The van der Waals surface area contributed by atoms with Gasteiger partial charge in [0.2, 0.25) is 0 Å². The van der Waals surface area contributed by atoms with Gasteiger partial charge in [0.15, 0.2) is 5.82 Å². The van der Waals surface area contributed by atoms with Crippen molar-refractivity contribution in [2.75, 3.05) is 13.1 Å². The smallest absolute Gasteiger partial charge is 0.323 e. The molecule has 2 aromatic rings. The van der Waals surface area contributed by atoms with E-state index in [2.05, 4.69) is 10.2 Å². The third-order valence-corrected chi connectivity index (χ3v) is 3.23. The van der Waals surface area contributed by atoms with Gasteiger partial charge in [0, 0.05) is 26.0 Å². The van der Waals surface area contributed by atoms with Crippen LogP contribution in [0.15, 0.2) is 18.5 Å². The lowest BCUT2D eigenvalue weighted by Gasteiger charge is -2.20. The van der Waals surface area contributed by atoms with Crippen molar-refractivity contribution in [3.05, 3.63) is 29.7 Å². The average molecular weight is 305 g/mol. The van der Waals surface area contributed by atoms with Crippen molar-refractivity contribution in [2.24, 2.45) is 7.05 Å². The number of aryl methyl sites for hydroxylation is 2. The fraction of sp³-hybridized carbons (Fsp3) is 0.429. The molecule has 0 unspecified atom stereocenters. The van der Waals surface area contributed by atoms with E-state index in [4.69, 9.17) is 5.11 Å². The monoisotopic (exact) mass is 305 g/mol. The largest absolute Gasteiger partial charge is 0.480 e. The molecule has 0 aliphatic rings. The summed E-state index contributed by atoms with van der Waals surface area (Å²) in [5, 5.41) is 17.4. The molecular weight excluding hydrogens is 286 g/mol. The highest BCUT2D eigenvalue weighted by Gasteiger charge is 2.27. The van der Waals surface area contributed by atoms with Gasteiger partial charge in [-0.05, 0) is 19.4 Å². The first-order valence-electron chi connectivity index (χ1n) is 7.00. The first kappa shape index (κ1) is 15.7. The van der Waals surface area contributed by atoms with Crippen LogP contribution in [0.2, 0.25) is 0 Å². The quantitative estimate of drug-likeness (QED) is 0.854. The molecule has 2 heterocycles. The number of nitrogens with zero attached hydrogens (tertiary/aromatic N) is 5. The first-order valence-corrected chi connectivity index (χ1v) is 7.00. The van der Waals surface area contributed by atoms with E-state index in [1.807, 2.05) is 6.92 Å². The number of carboxylic acid groups (broad SMARTS) is 1. The lowest BCUT2D eigenvalue weighted by Crippen LogP contribution is -2.37. The Bertz CT molecular complexity index is 675. The molecule has 0 fully saturated rings. The molecule has 2 aromatic heterocycles. The summed E-state index contributed by atoms with van der Waals surface area (Å²) >= 11 is 0. The topological polar surface area (TPSA) is 93.3 Å². The molecule has 0 radical (unpaired) electrons. The highest BCUT2D eigenvalue weighted by atomic mass is 16.4. The molecular formula is C14H19N5O3. The number of aromatic nitrogens is 4. The van der Waals surface area contributed by atoms with Crippen LogP contribution in [0, 0.1) is 6.92 Å². The highest BCUT2D eigenvalue weighted by molar-refractivity contribution is 5.99. The molecule has 1 amide bonds. The number of hydrogen-bond donors (Lipinski definition) is 1. The summed E-state index contributed by atoms with van der Waals surface area (Å²) in [4.78, 5) is 25.1. The summed E-state index contributed by atoms with van der Waals surface area (Å²) in [6.07, 6.45) is 4.00. The Balaban J connectivity index is 2.46. The molecule has 0 bridgehead atoms. The molecule has 0 aliphatic carbocycles. The van der Waals surface area contributed by atoms with Crippen LogP contribution >= 0.6 is 0 Å². The van der Waals surface area contributed by atoms with Crippen molar-refractivity contribution in [3.8, 4) is 5.82 Å². The molecule has 0 spiro atoms. The van der Waals surface area contributed by atoms with Gasteiger partial charge in [-0.3, -0.25) is 9.59 Å². The maximum atomic E-state index is 12.8. The van der Waals surface area contributed by atoms with Crippen molar-refractivity contribution >= 4 is 11.9 Å². The van der Waals surface area contributed by atoms with E-state index in [1.165, 1.54) is 4.90 Å². The van der Waals surface area contributed by atoms with Gasteiger partial charge in [0.25, 0.3) is 5.91 Å². The van der Waals surface area contributed by atoms with Gasteiger partial charge in [0.1, 0.15) is 12.1 Å². The van der Waals surface area contributed by atoms with E-state index in [0.717, 1.165) is 0 Å². The Morgan fingerprint density at radius 3 is 2.68 bits per heavy atom. The molecule has 0 aromatic carbocycles. The molecule has 118 valence electrons. The number of aliphatic carboxylic acids is 1. The summed E-state index contributed by atoms with van der Waals surface area (Å²) in [6.45, 7) is 3.66. The van der Waals surface area contributed by atoms with E-state index in [9.17, 15) is 9.59 Å². The van der Waals surface area contributed by atoms with Crippen LogP contribution in [-0.2, 0) is 11.8 Å². The van der Waals surface area contributed by atoms with Gasteiger partial charge in [-0.15, -0.1) is 0 Å². The predicted molar refractivity (Wildman–Crippen MR) is 78.9 cm³/mol. The Morgan fingerprint density at radius 1 is 1.41 bits per heavy atom. The minimum atomic E-state index is -1.04. The molecule has 8 nitrogen and oxygen atoms in total. The molecule has 0 atom stereocenters. The SMILES string of the molecule is CCCN(CC(=O)O)C(=O)c1c(C)nn(C)c1-n1cccn1. The molecule has 0 saturated carbocycles. The van der Waals surface area contributed by atoms with Crippen molar-refractivity contribution in [3.63, 3.8) is 0 Å². The van der Waals surface area contributed by atoms with E-state index >= 15 is 0 Å². The molecule has 0 saturated heterocycles. The zero-order chi connectivity index (χ0) is 16.3. The Kier molecular flexibility index (Phi) is 4.59. The second-order valence-electron chi connectivity index (χ2n) is 4.98. The summed E-state index contributed by atoms with van der Waals surface area (Å²) < 4.78 is 3.12. The van der Waals surface area contributed by atoms with Crippen LogP contribution in [0.5, 0.6) is 0 Å². The minimum absolute atomic E-state index is 0.334. The zero-order valence-corrected chi connectivity index (χ0v) is 12.9. The second kappa shape index (κ2) is 6.42. The Morgan fingerprint density at radius 2 is 2.14 bits per heavy atom. The van der Waals surface area contributed by atoms with E-state index in [1.54, 1.807) is 41.8 Å². The van der Waals surface area contributed by atoms with Gasteiger partial charge in [-0.1, -0.05) is 6.92 Å². The van der Waals surface area contributed by atoms with Crippen LogP contribution < -0.4 is 0 Å². The fourth-order valence-electron chi connectivity index (χ4n) is 2.40. The van der Waals surface area contributed by atoms with Gasteiger partial charge < -0.3 is 10.0 Å². The van der Waals surface area contributed by atoms with Crippen LogP contribution in [0.25, 0.3) is 5.82 Å². The minimum Gasteiger partial charge on any atom is -0.480 e. The van der Waals surface area contributed by atoms with Crippen LogP contribution in [0.4, 0.5) is 0 Å². The number of carboxylic acids is 1. The molecule has 1 N–H and O–H groups in total. The van der Waals surface area contributed by atoms with Gasteiger partial charge >= 0.3 is 5.97 Å². The van der Waals surface area contributed by atoms with E-state index < -0.39 is 5.97 Å². The Labute approximate surface area is 127 Å². The fourth-order valence-corrected chi connectivity index (χ4v) is 2.40. The summed E-state index contributed by atoms with van der Waals surface area (Å²) in [7, 11) is 1.72. The average Bonchev–Trinajstić information content (AvgIpc) is 3.04. The number of rotatable bonds is 6. The molecule has 8 heteroatoms. The number of carbonyl (C=O) groups excluding carboxylic acids is 1. The van der Waals surface area contributed by atoms with E-state index in [0.29, 0.717) is 30.0 Å². The van der Waals surface area contributed by atoms with Crippen molar-refractivity contribution in [2.45, 2.75) is 20.3 Å². The summed E-state index contributed by atoms with van der Waals surface area (Å²) in [6, 6.07) is 1.75. The number of hydrogen-bond acceptors (Lipinski definition) is 4. The van der Waals surface area contributed by atoms with Crippen molar-refractivity contribution in [1.82, 2.24) is 24.5 Å². The molecule has 2 rings (SSSR count). The molecule has 0 aliphatic heterocycles. The van der Waals surface area contributed by atoms with Crippen molar-refractivity contribution < 1.29 is 14.7 Å². The second-order valence-corrected chi connectivity index (χ2v) is 4.98. The number of carbonyl (C=O) groups is 2. The summed E-state index contributed by atoms with van der Waals surface area (Å²) in [5.74, 6) is -0.858. The highest BCUT2D eigenvalue weighted by Crippen LogP contribution is 2.19. The lowest BCUT2D eigenvalue weighted by atomic mass is 10.2. The van der Waals surface area contributed by atoms with Crippen molar-refractivity contribution in [1.29, 1.82) is 0 Å². The lowest BCUT2D eigenvalue weighted by molar-refractivity contribution is -0.137. The number of amides is 1. The molecule has 22 heavy (non-hydrogen) atoms. The standard InChI is InChI=1S/C14H19N5O3/c1-4-7-18(9-11(20)21)14(22)12-10(2)16-17(3)13(12)19-8-5-6-15-19/h5-6,8H,4,7,9H2,1-3H3,(H,20,21). The predicted octanol–water partition coefficient (Wildman–Crippen LogP) is 0.851. The van der Waals surface area contributed by atoms with E-state index in [-0.39, 0.29) is 12.5 Å².